The predicted molar refractivity (Wildman–Crippen MR) is 65.5 cm³/mol. The third-order valence-electron chi connectivity index (χ3n) is 3.53. The SMILES string of the molecule is CCC1(CNC(=O)c2cccc(C(=O)O)n2)CC1. The summed E-state index contributed by atoms with van der Waals surface area (Å²) >= 11 is 0. The number of carbonyl (C=O) groups is 2. The lowest BCUT2D eigenvalue weighted by Gasteiger charge is -2.13. The highest BCUT2D eigenvalue weighted by Gasteiger charge is 2.40. The Kier molecular flexibility index (Phi) is 3.32. The number of rotatable bonds is 5. The number of carbonyl (C=O) groups excluding carboxylic acids is 1. The van der Waals surface area contributed by atoms with Crippen LogP contribution in [0.5, 0.6) is 0 Å². The highest BCUT2D eigenvalue weighted by molar-refractivity contribution is 5.94. The molecule has 2 N–H and O–H groups in total. The molecule has 1 aromatic rings. The van der Waals surface area contributed by atoms with E-state index in [1.807, 2.05) is 0 Å². The van der Waals surface area contributed by atoms with Gasteiger partial charge in [-0.25, -0.2) is 9.78 Å². The second-order valence-electron chi connectivity index (χ2n) is 4.75. The maximum atomic E-state index is 11.8. The summed E-state index contributed by atoms with van der Waals surface area (Å²) in [6.45, 7) is 2.75. The number of carboxylic acid groups (broad SMARTS) is 1. The standard InChI is InChI=1S/C13H16N2O3/c1-2-13(6-7-13)8-14-11(16)9-4-3-5-10(15-9)12(17)18/h3-5H,2,6-8H2,1H3,(H,14,16)(H,17,18). The van der Waals surface area contributed by atoms with Gasteiger partial charge in [-0.1, -0.05) is 13.0 Å². The Labute approximate surface area is 105 Å². The fourth-order valence-electron chi connectivity index (χ4n) is 1.87. The molecule has 0 aliphatic heterocycles. The van der Waals surface area contributed by atoms with Gasteiger partial charge >= 0.3 is 5.97 Å². The van der Waals surface area contributed by atoms with Crippen LogP contribution < -0.4 is 5.32 Å². The minimum absolute atomic E-state index is 0.112. The van der Waals surface area contributed by atoms with Crippen LogP contribution in [0.4, 0.5) is 0 Å². The van der Waals surface area contributed by atoms with Gasteiger partial charge in [0.15, 0.2) is 0 Å². The van der Waals surface area contributed by atoms with Gasteiger partial charge in [-0.15, -0.1) is 0 Å². The average molecular weight is 248 g/mol. The lowest BCUT2D eigenvalue weighted by Crippen LogP contribution is -2.30. The van der Waals surface area contributed by atoms with Crippen LogP contribution >= 0.6 is 0 Å². The number of hydrogen-bond acceptors (Lipinski definition) is 3. The molecule has 1 aliphatic carbocycles. The number of pyridine rings is 1. The Morgan fingerprint density at radius 1 is 1.39 bits per heavy atom. The maximum absolute atomic E-state index is 11.8. The number of aromatic nitrogens is 1. The largest absolute Gasteiger partial charge is 0.477 e. The van der Waals surface area contributed by atoms with Gasteiger partial charge < -0.3 is 10.4 Å². The smallest absolute Gasteiger partial charge is 0.354 e. The molecule has 5 nitrogen and oxygen atoms in total. The van der Waals surface area contributed by atoms with E-state index in [1.54, 1.807) is 0 Å². The second kappa shape index (κ2) is 4.76. The van der Waals surface area contributed by atoms with Crippen molar-refractivity contribution < 1.29 is 14.7 Å². The van der Waals surface area contributed by atoms with Crippen LogP contribution in [-0.4, -0.2) is 28.5 Å². The van der Waals surface area contributed by atoms with E-state index >= 15 is 0 Å². The molecule has 0 spiro atoms. The number of aromatic carboxylic acids is 1. The Bertz CT molecular complexity index is 481. The number of hydrogen-bond donors (Lipinski definition) is 2. The fraction of sp³-hybridized carbons (Fsp3) is 0.462. The Morgan fingerprint density at radius 2 is 2.06 bits per heavy atom. The van der Waals surface area contributed by atoms with Crippen molar-refractivity contribution in [3.8, 4) is 0 Å². The quantitative estimate of drug-likeness (QED) is 0.831. The lowest BCUT2D eigenvalue weighted by atomic mass is 10.0. The molecule has 0 unspecified atom stereocenters. The van der Waals surface area contributed by atoms with Gasteiger partial charge in [0.25, 0.3) is 5.91 Å². The zero-order valence-corrected chi connectivity index (χ0v) is 10.3. The van der Waals surface area contributed by atoms with E-state index in [9.17, 15) is 9.59 Å². The summed E-state index contributed by atoms with van der Waals surface area (Å²) in [6.07, 6.45) is 3.34. The minimum atomic E-state index is -1.13. The topological polar surface area (TPSA) is 79.3 Å². The van der Waals surface area contributed by atoms with E-state index in [1.165, 1.54) is 18.2 Å². The van der Waals surface area contributed by atoms with Crippen molar-refractivity contribution in [2.75, 3.05) is 6.54 Å². The molecule has 0 saturated heterocycles. The third-order valence-corrected chi connectivity index (χ3v) is 3.53. The fourth-order valence-corrected chi connectivity index (χ4v) is 1.87. The van der Waals surface area contributed by atoms with Crippen LogP contribution in [0.1, 0.15) is 47.2 Å². The monoisotopic (exact) mass is 248 g/mol. The van der Waals surface area contributed by atoms with Crippen LogP contribution in [0.25, 0.3) is 0 Å². The normalized spacial score (nSPS) is 16.1. The van der Waals surface area contributed by atoms with Gasteiger partial charge in [0, 0.05) is 6.54 Å². The van der Waals surface area contributed by atoms with Crippen molar-refractivity contribution in [2.24, 2.45) is 5.41 Å². The molecule has 0 radical (unpaired) electrons. The predicted octanol–water partition coefficient (Wildman–Crippen LogP) is 1.70. The molecular formula is C13H16N2O3. The molecule has 96 valence electrons. The van der Waals surface area contributed by atoms with Gasteiger partial charge in [0.05, 0.1) is 0 Å². The lowest BCUT2D eigenvalue weighted by molar-refractivity contribution is 0.0690. The van der Waals surface area contributed by atoms with Crippen molar-refractivity contribution >= 4 is 11.9 Å². The van der Waals surface area contributed by atoms with E-state index < -0.39 is 5.97 Å². The first-order valence-electron chi connectivity index (χ1n) is 6.05. The average Bonchev–Trinajstić information content (AvgIpc) is 3.17. The molecule has 1 saturated carbocycles. The highest BCUT2D eigenvalue weighted by Crippen LogP contribution is 2.47. The summed E-state index contributed by atoms with van der Waals surface area (Å²) in [6, 6.07) is 4.42. The molecule has 0 aromatic carbocycles. The van der Waals surface area contributed by atoms with Crippen LogP contribution in [0.3, 0.4) is 0 Å². The summed E-state index contributed by atoms with van der Waals surface area (Å²) in [7, 11) is 0. The first-order valence-corrected chi connectivity index (χ1v) is 6.05. The summed E-state index contributed by atoms with van der Waals surface area (Å²) in [4.78, 5) is 26.4. The van der Waals surface area contributed by atoms with Crippen molar-refractivity contribution in [1.29, 1.82) is 0 Å². The highest BCUT2D eigenvalue weighted by atomic mass is 16.4. The van der Waals surface area contributed by atoms with E-state index in [4.69, 9.17) is 5.11 Å². The molecule has 1 heterocycles. The van der Waals surface area contributed by atoms with Gasteiger partial charge in [-0.2, -0.15) is 0 Å². The number of nitrogens with one attached hydrogen (secondary N) is 1. The van der Waals surface area contributed by atoms with Gasteiger partial charge in [0.1, 0.15) is 11.4 Å². The molecule has 1 amide bonds. The molecule has 18 heavy (non-hydrogen) atoms. The second-order valence-corrected chi connectivity index (χ2v) is 4.75. The number of nitrogens with zero attached hydrogens (tertiary/aromatic N) is 1. The molecule has 2 rings (SSSR count). The summed E-state index contributed by atoms with van der Waals surface area (Å²) < 4.78 is 0. The Morgan fingerprint density at radius 3 is 2.61 bits per heavy atom. The molecule has 0 bridgehead atoms. The third kappa shape index (κ3) is 2.67. The van der Waals surface area contributed by atoms with Crippen LogP contribution in [0.15, 0.2) is 18.2 Å². The first kappa shape index (κ1) is 12.5. The Hall–Kier alpha value is -1.91. The van der Waals surface area contributed by atoms with Gasteiger partial charge in [-0.05, 0) is 36.8 Å². The summed E-state index contributed by atoms with van der Waals surface area (Å²) in [5, 5.41) is 11.6. The molecule has 1 fully saturated rings. The van der Waals surface area contributed by atoms with Crippen LogP contribution in [0, 0.1) is 5.41 Å². The van der Waals surface area contributed by atoms with Crippen molar-refractivity contribution in [3.63, 3.8) is 0 Å². The van der Waals surface area contributed by atoms with E-state index in [2.05, 4.69) is 17.2 Å². The Balaban J connectivity index is 2.00. The van der Waals surface area contributed by atoms with Crippen molar-refractivity contribution in [3.05, 3.63) is 29.6 Å². The minimum Gasteiger partial charge on any atom is -0.477 e. The summed E-state index contributed by atoms with van der Waals surface area (Å²) in [5.41, 5.74) is 0.307. The van der Waals surface area contributed by atoms with Crippen LogP contribution in [0.2, 0.25) is 0 Å². The van der Waals surface area contributed by atoms with E-state index in [0.717, 1.165) is 19.3 Å². The van der Waals surface area contributed by atoms with Gasteiger partial charge in [0.2, 0.25) is 0 Å². The van der Waals surface area contributed by atoms with E-state index in [-0.39, 0.29) is 22.7 Å². The zero-order chi connectivity index (χ0) is 13.2. The summed E-state index contributed by atoms with van der Waals surface area (Å²) in [5.74, 6) is -1.44. The number of amides is 1. The molecule has 0 atom stereocenters. The first-order chi connectivity index (χ1) is 8.56. The van der Waals surface area contributed by atoms with Crippen LogP contribution in [-0.2, 0) is 0 Å². The van der Waals surface area contributed by atoms with Crippen molar-refractivity contribution in [2.45, 2.75) is 26.2 Å². The maximum Gasteiger partial charge on any atom is 0.354 e. The molecule has 1 aliphatic rings. The number of carboxylic acids is 1. The molecular weight excluding hydrogens is 232 g/mol. The van der Waals surface area contributed by atoms with E-state index in [0.29, 0.717) is 6.54 Å². The zero-order valence-electron chi connectivity index (χ0n) is 10.3. The molecule has 1 aromatic heterocycles. The van der Waals surface area contributed by atoms with Crippen molar-refractivity contribution in [1.82, 2.24) is 10.3 Å². The van der Waals surface area contributed by atoms with Gasteiger partial charge in [-0.3, -0.25) is 4.79 Å². The molecule has 5 heteroatoms.